The first kappa shape index (κ1) is 31.4. The minimum absolute atomic E-state index is 0.0239. The van der Waals surface area contributed by atoms with E-state index < -0.39 is 28.2 Å². The quantitative estimate of drug-likeness (QED) is 0.188. The van der Waals surface area contributed by atoms with Crippen molar-refractivity contribution in [2.45, 2.75) is 63.3 Å². The van der Waals surface area contributed by atoms with Crippen LogP contribution >= 0.6 is 0 Å². The number of imidazole rings is 1. The zero-order valence-corrected chi connectivity index (χ0v) is 24.3. The van der Waals surface area contributed by atoms with Crippen LogP contribution in [-0.4, -0.2) is 29.2 Å². The Hall–Kier alpha value is -4.01. The SMILES string of the molecule is CCCCn1c(-c2ccccc2)nc(C(F)(F)F)c1CN(Cc1ccc(S(N)(=O)=O)cc1)Cc1ccc2c(c1)OC(F)(F)O2. The van der Waals surface area contributed by atoms with E-state index in [9.17, 15) is 30.4 Å². The fourth-order valence-corrected chi connectivity index (χ4v) is 5.53. The van der Waals surface area contributed by atoms with Gasteiger partial charge < -0.3 is 14.0 Å². The van der Waals surface area contributed by atoms with Gasteiger partial charge in [0.2, 0.25) is 10.0 Å². The highest BCUT2D eigenvalue weighted by molar-refractivity contribution is 7.89. The number of hydrogen-bond donors (Lipinski definition) is 1. The van der Waals surface area contributed by atoms with Crippen LogP contribution < -0.4 is 14.6 Å². The number of nitrogens with zero attached hydrogens (tertiary/aromatic N) is 3. The van der Waals surface area contributed by atoms with Gasteiger partial charge in [-0.25, -0.2) is 18.5 Å². The van der Waals surface area contributed by atoms with E-state index in [4.69, 9.17) is 5.14 Å². The van der Waals surface area contributed by atoms with Gasteiger partial charge in [-0.2, -0.15) is 13.2 Å². The van der Waals surface area contributed by atoms with Crippen molar-refractivity contribution in [3.05, 3.63) is 95.3 Å². The fraction of sp³-hybridized carbons (Fsp3) is 0.300. The molecule has 1 aliphatic rings. The van der Waals surface area contributed by atoms with Crippen LogP contribution in [-0.2, 0) is 42.4 Å². The summed E-state index contributed by atoms with van der Waals surface area (Å²) in [5.41, 5.74) is 0.511. The number of halogens is 5. The Labute approximate surface area is 250 Å². The number of aromatic nitrogens is 2. The zero-order valence-electron chi connectivity index (χ0n) is 23.5. The second kappa shape index (κ2) is 12.2. The van der Waals surface area contributed by atoms with Crippen LogP contribution in [0.1, 0.15) is 42.3 Å². The third-order valence-electron chi connectivity index (χ3n) is 7.01. The van der Waals surface area contributed by atoms with Crippen LogP contribution in [0.5, 0.6) is 11.5 Å². The molecule has 0 spiro atoms. The molecule has 1 aliphatic heterocycles. The monoisotopic (exact) mass is 636 g/mol. The van der Waals surface area contributed by atoms with E-state index in [0.717, 1.165) is 6.42 Å². The number of fused-ring (bicyclic) bond motifs is 1. The van der Waals surface area contributed by atoms with Gasteiger partial charge >= 0.3 is 12.5 Å². The summed E-state index contributed by atoms with van der Waals surface area (Å²) in [5, 5.41) is 5.21. The second-order valence-corrected chi connectivity index (χ2v) is 11.9. The molecule has 14 heteroatoms. The normalized spacial score (nSPS) is 14.4. The average molecular weight is 637 g/mol. The number of hydrogen-bond acceptors (Lipinski definition) is 6. The van der Waals surface area contributed by atoms with Crippen molar-refractivity contribution < 1.29 is 39.8 Å². The number of nitrogens with two attached hydrogens (primary N) is 1. The van der Waals surface area contributed by atoms with Gasteiger partial charge in [0.1, 0.15) is 5.82 Å². The van der Waals surface area contributed by atoms with Gasteiger partial charge in [-0.15, -0.1) is 8.78 Å². The van der Waals surface area contributed by atoms with Crippen LogP contribution in [0.3, 0.4) is 0 Å². The van der Waals surface area contributed by atoms with Gasteiger partial charge in [0.15, 0.2) is 17.2 Å². The maximum absolute atomic E-state index is 14.5. The van der Waals surface area contributed by atoms with Crippen LogP contribution in [0.15, 0.2) is 77.7 Å². The molecule has 44 heavy (non-hydrogen) atoms. The lowest BCUT2D eigenvalue weighted by Gasteiger charge is -2.25. The Morgan fingerprint density at radius 2 is 1.55 bits per heavy atom. The summed E-state index contributed by atoms with van der Waals surface area (Å²) >= 11 is 0. The van der Waals surface area contributed by atoms with Gasteiger partial charge in [0, 0.05) is 31.7 Å². The Balaban J connectivity index is 1.56. The van der Waals surface area contributed by atoms with Crippen LogP contribution in [0, 0.1) is 0 Å². The van der Waals surface area contributed by atoms with E-state index in [1.54, 1.807) is 39.8 Å². The van der Waals surface area contributed by atoms with E-state index in [-0.39, 0.29) is 54.1 Å². The number of rotatable bonds is 11. The predicted octanol–water partition coefficient (Wildman–Crippen LogP) is 6.54. The van der Waals surface area contributed by atoms with Gasteiger partial charge in [0.25, 0.3) is 0 Å². The van der Waals surface area contributed by atoms with Crippen molar-refractivity contribution in [3.8, 4) is 22.9 Å². The standard InChI is InChI=1S/C30H29F5N4O4S/c1-2-3-15-39-24(27(29(31,32)33)37-28(39)22-7-5-4-6-8-22)19-38(17-20-9-12-23(13-10-20)44(36,40)41)18-21-11-14-25-26(16-21)43-30(34,35)42-25/h4-14,16H,2-3,15,17-19H2,1H3,(H2,36,40,41). The Kier molecular flexibility index (Phi) is 8.69. The minimum Gasteiger partial charge on any atom is -0.395 e. The van der Waals surface area contributed by atoms with Crippen LogP contribution in [0.4, 0.5) is 22.0 Å². The minimum atomic E-state index is -4.76. The molecule has 234 valence electrons. The first-order valence-electron chi connectivity index (χ1n) is 13.7. The third kappa shape index (κ3) is 7.20. The van der Waals surface area contributed by atoms with Gasteiger partial charge in [-0.05, 0) is 41.8 Å². The highest BCUT2D eigenvalue weighted by Gasteiger charge is 2.43. The van der Waals surface area contributed by atoms with Crippen LogP contribution in [0.25, 0.3) is 11.4 Å². The molecule has 0 aliphatic carbocycles. The maximum Gasteiger partial charge on any atom is 0.586 e. The molecule has 0 amide bonds. The topological polar surface area (TPSA) is 99.7 Å². The van der Waals surface area contributed by atoms with E-state index in [0.29, 0.717) is 23.1 Å². The maximum atomic E-state index is 14.5. The fourth-order valence-electron chi connectivity index (χ4n) is 5.01. The number of ether oxygens (including phenoxy) is 2. The average Bonchev–Trinajstić information content (AvgIpc) is 3.47. The molecule has 0 fully saturated rings. The molecule has 0 bridgehead atoms. The summed E-state index contributed by atoms with van der Waals surface area (Å²) in [4.78, 5) is 5.65. The molecule has 4 aromatic rings. The van der Waals surface area contributed by atoms with E-state index in [2.05, 4.69) is 14.5 Å². The lowest BCUT2D eigenvalue weighted by atomic mass is 10.1. The van der Waals surface area contributed by atoms with E-state index in [1.165, 1.54) is 42.5 Å². The molecule has 0 saturated heterocycles. The Morgan fingerprint density at radius 3 is 2.18 bits per heavy atom. The number of benzene rings is 3. The summed E-state index contributed by atoms with van der Waals surface area (Å²) in [5.74, 6) is -0.169. The highest BCUT2D eigenvalue weighted by Crippen LogP contribution is 2.42. The molecule has 5 rings (SSSR count). The van der Waals surface area contributed by atoms with Crippen molar-refractivity contribution in [1.82, 2.24) is 14.5 Å². The van der Waals surface area contributed by atoms with Gasteiger partial charge in [-0.1, -0.05) is 61.9 Å². The van der Waals surface area contributed by atoms with Gasteiger partial charge in [-0.3, -0.25) is 4.90 Å². The zero-order chi connectivity index (χ0) is 31.7. The Bertz CT molecular complexity index is 1730. The van der Waals surface area contributed by atoms with Crippen molar-refractivity contribution in [2.75, 3.05) is 0 Å². The van der Waals surface area contributed by atoms with Crippen LogP contribution in [0.2, 0.25) is 0 Å². The Morgan fingerprint density at radius 1 is 0.909 bits per heavy atom. The molecule has 0 saturated carbocycles. The predicted molar refractivity (Wildman–Crippen MR) is 151 cm³/mol. The first-order valence-corrected chi connectivity index (χ1v) is 15.2. The molecule has 0 atom stereocenters. The largest absolute Gasteiger partial charge is 0.586 e. The van der Waals surface area contributed by atoms with Crippen molar-refractivity contribution >= 4 is 10.0 Å². The summed E-state index contributed by atoms with van der Waals surface area (Å²) in [6.07, 6.45) is -7.25. The molecule has 8 nitrogen and oxygen atoms in total. The van der Waals surface area contributed by atoms with Crippen molar-refractivity contribution in [3.63, 3.8) is 0 Å². The summed E-state index contributed by atoms with van der Waals surface area (Å²) in [6.45, 7) is 2.10. The highest BCUT2D eigenvalue weighted by atomic mass is 32.2. The second-order valence-electron chi connectivity index (χ2n) is 10.4. The lowest BCUT2D eigenvalue weighted by Crippen LogP contribution is -2.26. The summed E-state index contributed by atoms with van der Waals surface area (Å²) in [7, 11) is -3.96. The molecule has 1 aromatic heterocycles. The number of alkyl halides is 5. The summed E-state index contributed by atoms with van der Waals surface area (Å²) in [6, 6.07) is 18.4. The first-order chi connectivity index (χ1) is 20.7. The van der Waals surface area contributed by atoms with Gasteiger partial charge in [0.05, 0.1) is 10.6 Å². The molecule has 0 unspecified atom stereocenters. The smallest absolute Gasteiger partial charge is 0.395 e. The van der Waals surface area contributed by atoms with Crippen molar-refractivity contribution in [2.24, 2.45) is 5.14 Å². The molecule has 3 aromatic carbocycles. The molecule has 0 radical (unpaired) electrons. The lowest BCUT2D eigenvalue weighted by molar-refractivity contribution is -0.286. The molecule has 2 N–H and O–H groups in total. The van der Waals surface area contributed by atoms with E-state index >= 15 is 0 Å². The number of primary sulfonamides is 1. The molecular formula is C30H29F5N4O4S. The number of sulfonamides is 1. The molecular weight excluding hydrogens is 607 g/mol. The third-order valence-corrected chi connectivity index (χ3v) is 7.94. The number of unbranched alkanes of at least 4 members (excludes halogenated alkanes) is 1. The molecule has 2 heterocycles. The van der Waals surface area contributed by atoms with Crippen molar-refractivity contribution in [1.29, 1.82) is 0 Å². The van der Waals surface area contributed by atoms with E-state index in [1.807, 2.05) is 6.92 Å². The summed E-state index contributed by atoms with van der Waals surface area (Å²) < 4.78 is 105.